The molecule has 18 heavy (non-hydrogen) atoms. The molecule has 0 atom stereocenters. The van der Waals surface area contributed by atoms with E-state index in [9.17, 15) is 13.2 Å². The minimum Gasteiger partial charge on any atom is -0.392 e. The second kappa shape index (κ2) is 6.09. The second-order valence-electron chi connectivity index (χ2n) is 4.28. The monoisotopic (exact) mass is 261 g/mol. The lowest BCUT2D eigenvalue weighted by atomic mass is 10.1. The minimum absolute atomic E-state index is 0.160. The Labute approximate surface area is 105 Å². The van der Waals surface area contributed by atoms with Crippen molar-refractivity contribution in [3.05, 3.63) is 29.3 Å². The van der Waals surface area contributed by atoms with Crippen LogP contribution in [0, 0.1) is 0 Å². The molecule has 102 valence electrons. The molecular weight excluding hydrogens is 243 g/mol. The third-order valence-corrected chi connectivity index (χ3v) is 2.81. The molecule has 0 heterocycles. The molecule has 0 unspecified atom stereocenters. The molecule has 5 heteroatoms. The molecule has 0 aromatic heterocycles. The van der Waals surface area contributed by atoms with Crippen LogP contribution in [-0.2, 0) is 12.8 Å². The summed E-state index contributed by atoms with van der Waals surface area (Å²) in [6.07, 6.45) is -2.63. The number of nitrogens with zero attached hydrogens (tertiary/aromatic N) is 1. The number of hydrogen-bond donors (Lipinski definition) is 1. The second-order valence-corrected chi connectivity index (χ2v) is 4.28. The maximum Gasteiger partial charge on any atom is 0.418 e. The van der Waals surface area contributed by atoms with Crippen LogP contribution in [0.5, 0.6) is 0 Å². The van der Waals surface area contributed by atoms with Gasteiger partial charge in [-0.2, -0.15) is 13.2 Å². The molecule has 0 aliphatic carbocycles. The number of benzene rings is 1. The molecule has 0 aliphatic rings. The van der Waals surface area contributed by atoms with Gasteiger partial charge in [-0.1, -0.05) is 19.4 Å². The summed E-state index contributed by atoms with van der Waals surface area (Å²) in [6.45, 7) is 2.19. The van der Waals surface area contributed by atoms with Crippen LogP contribution < -0.4 is 4.90 Å². The van der Waals surface area contributed by atoms with Gasteiger partial charge >= 0.3 is 6.18 Å². The highest BCUT2D eigenvalue weighted by atomic mass is 19.4. The number of aliphatic hydroxyl groups is 1. The SMILES string of the molecule is CCCCN(C)c1ccc(CO)cc1C(F)(F)F. The van der Waals surface area contributed by atoms with E-state index in [1.165, 1.54) is 12.1 Å². The minimum atomic E-state index is -4.40. The number of halogens is 3. The van der Waals surface area contributed by atoms with Gasteiger partial charge in [-0.15, -0.1) is 0 Å². The van der Waals surface area contributed by atoms with Crippen molar-refractivity contribution in [3.8, 4) is 0 Å². The summed E-state index contributed by atoms with van der Waals surface area (Å²) in [5, 5.41) is 8.92. The van der Waals surface area contributed by atoms with E-state index in [1.54, 1.807) is 11.9 Å². The summed E-state index contributed by atoms with van der Waals surface area (Å²) in [6, 6.07) is 3.95. The van der Waals surface area contributed by atoms with Gasteiger partial charge in [0, 0.05) is 19.3 Å². The van der Waals surface area contributed by atoms with Crippen LogP contribution in [-0.4, -0.2) is 18.7 Å². The average molecular weight is 261 g/mol. The Morgan fingerprint density at radius 2 is 1.94 bits per heavy atom. The first-order valence-electron chi connectivity index (χ1n) is 5.92. The summed E-state index contributed by atoms with van der Waals surface area (Å²) in [5.41, 5.74) is -0.254. The van der Waals surface area contributed by atoms with Gasteiger partial charge < -0.3 is 10.0 Å². The van der Waals surface area contributed by atoms with Gasteiger partial charge in [-0.05, 0) is 24.1 Å². The molecule has 0 fully saturated rings. The van der Waals surface area contributed by atoms with Crippen molar-refractivity contribution in [1.29, 1.82) is 0 Å². The average Bonchev–Trinajstić information content (AvgIpc) is 2.34. The third-order valence-electron chi connectivity index (χ3n) is 2.81. The van der Waals surface area contributed by atoms with Crippen LogP contribution in [0.25, 0.3) is 0 Å². The van der Waals surface area contributed by atoms with Crippen molar-refractivity contribution in [1.82, 2.24) is 0 Å². The summed E-state index contributed by atoms with van der Waals surface area (Å²) >= 11 is 0. The van der Waals surface area contributed by atoms with E-state index in [4.69, 9.17) is 5.11 Å². The van der Waals surface area contributed by atoms with E-state index in [-0.39, 0.29) is 17.9 Å². The van der Waals surface area contributed by atoms with E-state index < -0.39 is 11.7 Å². The van der Waals surface area contributed by atoms with Crippen LogP contribution in [0.15, 0.2) is 18.2 Å². The van der Waals surface area contributed by atoms with Gasteiger partial charge in [-0.3, -0.25) is 0 Å². The van der Waals surface area contributed by atoms with E-state index in [0.717, 1.165) is 18.9 Å². The first kappa shape index (κ1) is 14.8. The lowest BCUT2D eigenvalue weighted by Crippen LogP contribution is -2.22. The summed E-state index contributed by atoms with van der Waals surface area (Å²) < 4.78 is 38.8. The van der Waals surface area contributed by atoms with Crippen molar-refractivity contribution < 1.29 is 18.3 Å². The van der Waals surface area contributed by atoms with E-state index >= 15 is 0 Å². The molecule has 1 rings (SSSR count). The fourth-order valence-electron chi connectivity index (χ4n) is 1.76. The fourth-order valence-corrected chi connectivity index (χ4v) is 1.76. The van der Waals surface area contributed by atoms with Gasteiger partial charge in [0.05, 0.1) is 12.2 Å². The molecule has 0 saturated heterocycles. The molecule has 0 saturated carbocycles. The summed E-state index contributed by atoms with van der Waals surface area (Å²) in [5.74, 6) is 0. The topological polar surface area (TPSA) is 23.5 Å². The van der Waals surface area contributed by atoms with Crippen molar-refractivity contribution in [2.75, 3.05) is 18.5 Å². The molecule has 0 spiro atoms. The van der Waals surface area contributed by atoms with Gasteiger partial charge in [0.2, 0.25) is 0 Å². The first-order valence-corrected chi connectivity index (χ1v) is 5.92. The van der Waals surface area contributed by atoms with E-state index in [1.807, 2.05) is 6.92 Å². The van der Waals surface area contributed by atoms with E-state index in [2.05, 4.69) is 0 Å². The molecule has 1 N–H and O–H groups in total. The maximum absolute atomic E-state index is 12.9. The molecule has 2 nitrogen and oxygen atoms in total. The molecular formula is C13H18F3NO. The predicted molar refractivity (Wildman–Crippen MR) is 65.5 cm³/mol. The zero-order chi connectivity index (χ0) is 13.8. The molecule has 1 aromatic rings. The maximum atomic E-state index is 12.9. The van der Waals surface area contributed by atoms with Crippen molar-refractivity contribution in [2.45, 2.75) is 32.5 Å². The van der Waals surface area contributed by atoms with Crippen LogP contribution in [0.2, 0.25) is 0 Å². The van der Waals surface area contributed by atoms with Gasteiger partial charge in [-0.25, -0.2) is 0 Å². The molecule has 0 aliphatic heterocycles. The van der Waals surface area contributed by atoms with Gasteiger partial charge in [0.15, 0.2) is 0 Å². The van der Waals surface area contributed by atoms with Crippen molar-refractivity contribution in [2.24, 2.45) is 0 Å². The fraction of sp³-hybridized carbons (Fsp3) is 0.538. The van der Waals surface area contributed by atoms with Crippen LogP contribution in [0.3, 0.4) is 0 Å². The highest BCUT2D eigenvalue weighted by Crippen LogP contribution is 2.37. The van der Waals surface area contributed by atoms with Crippen LogP contribution in [0.1, 0.15) is 30.9 Å². The predicted octanol–water partition coefficient (Wildman–Crippen LogP) is 3.43. The van der Waals surface area contributed by atoms with Crippen molar-refractivity contribution >= 4 is 5.69 Å². The lowest BCUT2D eigenvalue weighted by molar-refractivity contribution is -0.137. The number of rotatable bonds is 5. The highest BCUT2D eigenvalue weighted by Gasteiger charge is 2.34. The standard InChI is InChI=1S/C13H18F3NO/c1-3-4-7-17(2)12-6-5-10(9-18)8-11(12)13(14,15)16/h5-6,8,18H,3-4,7,9H2,1-2H3. The highest BCUT2D eigenvalue weighted by molar-refractivity contribution is 5.55. The zero-order valence-electron chi connectivity index (χ0n) is 10.6. The number of unbranched alkanes of at least 4 members (excludes halogenated alkanes) is 1. The lowest BCUT2D eigenvalue weighted by Gasteiger charge is -2.24. The first-order chi connectivity index (χ1) is 8.40. The number of hydrogen-bond acceptors (Lipinski definition) is 2. The summed E-state index contributed by atoms with van der Waals surface area (Å²) in [7, 11) is 1.65. The number of anilines is 1. The third kappa shape index (κ3) is 3.63. The Bertz CT molecular complexity index is 390. The normalized spacial score (nSPS) is 11.7. The Hall–Kier alpha value is -1.23. The molecule has 0 amide bonds. The van der Waals surface area contributed by atoms with Crippen LogP contribution >= 0.6 is 0 Å². The van der Waals surface area contributed by atoms with E-state index in [0.29, 0.717) is 6.54 Å². The van der Waals surface area contributed by atoms with Crippen LogP contribution in [0.4, 0.5) is 18.9 Å². The number of alkyl halides is 3. The zero-order valence-corrected chi connectivity index (χ0v) is 10.6. The van der Waals surface area contributed by atoms with Crippen molar-refractivity contribution in [3.63, 3.8) is 0 Å². The van der Waals surface area contributed by atoms with Gasteiger partial charge in [0.1, 0.15) is 0 Å². The van der Waals surface area contributed by atoms with Gasteiger partial charge in [0.25, 0.3) is 0 Å². The Balaban J connectivity index is 3.10. The Morgan fingerprint density at radius 1 is 1.28 bits per heavy atom. The Kier molecular flexibility index (Phi) is 5.02. The molecule has 0 radical (unpaired) electrons. The Morgan fingerprint density at radius 3 is 2.44 bits per heavy atom. The molecule has 1 aromatic carbocycles. The smallest absolute Gasteiger partial charge is 0.392 e. The largest absolute Gasteiger partial charge is 0.418 e. The summed E-state index contributed by atoms with van der Waals surface area (Å²) in [4.78, 5) is 1.60. The number of aliphatic hydroxyl groups excluding tert-OH is 1. The quantitative estimate of drug-likeness (QED) is 0.877. The molecule has 0 bridgehead atoms.